The molecular weight excluding hydrogens is 542 g/mol. The third kappa shape index (κ3) is 5.57. The number of aryl methyl sites for hydroxylation is 4. The summed E-state index contributed by atoms with van der Waals surface area (Å²) >= 11 is 1.49. The van der Waals surface area contributed by atoms with E-state index in [0.29, 0.717) is 45.4 Å². The summed E-state index contributed by atoms with van der Waals surface area (Å²) in [7, 11) is -3.67. The van der Waals surface area contributed by atoms with Crippen LogP contribution in [0.5, 0.6) is 0 Å². The maximum absolute atomic E-state index is 13.6. The van der Waals surface area contributed by atoms with Crippen LogP contribution in [0.2, 0.25) is 0 Å². The SMILES string of the molecule is Cc1ncc(Cc2cc(Nc3ccc(-c4nc(C)c(C)s4)cc3S(C)(=O)=O)c3c(n2)CC(C(F)F)=N3)nc1C. The molecule has 1 aliphatic rings. The van der Waals surface area contributed by atoms with Crippen molar-refractivity contribution in [3.05, 3.63) is 69.5 Å². The molecule has 0 radical (unpaired) electrons. The van der Waals surface area contributed by atoms with Gasteiger partial charge in [-0.3, -0.25) is 15.0 Å². The zero-order valence-corrected chi connectivity index (χ0v) is 23.6. The van der Waals surface area contributed by atoms with E-state index in [1.54, 1.807) is 30.5 Å². The van der Waals surface area contributed by atoms with Crippen LogP contribution in [0.15, 0.2) is 40.4 Å². The molecule has 4 heterocycles. The largest absolute Gasteiger partial charge is 0.353 e. The van der Waals surface area contributed by atoms with Crippen molar-refractivity contribution in [1.29, 1.82) is 0 Å². The Morgan fingerprint density at radius 3 is 2.38 bits per heavy atom. The molecule has 0 saturated carbocycles. The molecule has 1 N–H and O–H groups in total. The number of nitrogens with one attached hydrogen (secondary N) is 1. The van der Waals surface area contributed by atoms with Gasteiger partial charge in [0.15, 0.2) is 9.84 Å². The molecule has 1 aliphatic heterocycles. The van der Waals surface area contributed by atoms with E-state index in [4.69, 9.17) is 0 Å². The molecule has 0 atom stereocenters. The van der Waals surface area contributed by atoms with E-state index in [2.05, 4.69) is 30.2 Å². The van der Waals surface area contributed by atoms with Crippen LogP contribution in [-0.4, -0.2) is 46.7 Å². The van der Waals surface area contributed by atoms with E-state index in [0.717, 1.165) is 28.2 Å². The van der Waals surface area contributed by atoms with Crippen LogP contribution in [0.1, 0.15) is 39.0 Å². The highest BCUT2D eigenvalue weighted by Crippen LogP contribution is 2.39. The average Bonchev–Trinajstić information content (AvgIpc) is 3.44. The number of thiazole rings is 1. The van der Waals surface area contributed by atoms with Crippen molar-refractivity contribution >= 4 is 43.9 Å². The summed E-state index contributed by atoms with van der Waals surface area (Å²) in [6.07, 6.45) is 0.296. The Balaban J connectivity index is 1.58. The van der Waals surface area contributed by atoms with E-state index >= 15 is 0 Å². The minimum atomic E-state index is -3.67. The molecule has 0 aliphatic carbocycles. The van der Waals surface area contributed by atoms with Gasteiger partial charge in [-0.15, -0.1) is 11.3 Å². The quantitative estimate of drug-likeness (QED) is 0.297. The van der Waals surface area contributed by atoms with E-state index in [1.165, 1.54) is 11.3 Å². The molecule has 1 aromatic carbocycles. The molecule has 4 aromatic rings. The highest BCUT2D eigenvalue weighted by molar-refractivity contribution is 7.90. The lowest BCUT2D eigenvalue weighted by molar-refractivity contribution is 0.224. The zero-order valence-electron chi connectivity index (χ0n) is 22.0. The molecule has 39 heavy (non-hydrogen) atoms. The number of pyridine rings is 1. The number of alkyl halides is 2. The number of aromatic nitrogens is 4. The van der Waals surface area contributed by atoms with E-state index in [9.17, 15) is 17.2 Å². The lowest BCUT2D eigenvalue weighted by Crippen LogP contribution is -2.10. The number of anilines is 2. The summed E-state index contributed by atoms with van der Waals surface area (Å²) in [5.74, 6) is 0. The van der Waals surface area contributed by atoms with Crippen molar-refractivity contribution in [2.24, 2.45) is 4.99 Å². The highest BCUT2D eigenvalue weighted by Gasteiger charge is 2.27. The van der Waals surface area contributed by atoms with Gasteiger partial charge >= 0.3 is 0 Å². The minimum absolute atomic E-state index is 0.0636. The maximum Gasteiger partial charge on any atom is 0.277 e. The number of nitrogens with zero attached hydrogens (tertiary/aromatic N) is 5. The van der Waals surface area contributed by atoms with Crippen LogP contribution in [0, 0.1) is 27.7 Å². The summed E-state index contributed by atoms with van der Waals surface area (Å²) < 4.78 is 52.8. The third-order valence-corrected chi connectivity index (χ3v) is 8.76. The molecule has 0 bridgehead atoms. The van der Waals surface area contributed by atoms with Crippen LogP contribution in [-0.2, 0) is 22.7 Å². The van der Waals surface area contributed by atoms with Crippen LogP contribution in [0.3, 0.4) is 0 Å². The lowest BCUT2D eigenvalue weighted by Gasteiger charge is -2.15. The fourth-order valence-electron chi connectivity index (χ4n) is 4.23. The number of benzene rings is 1. The first-order valence-corrected chi connectivity index (χ1v) is 14.8. The zero-order chi connectivity index (χ0) is 28.1. The Kier molecular flexibility index (Phi) is 7.02. The number of fused-ring (bicyclic) bond motifs is 1. The fraction of sp³-hybridized carbons (Fsp3) is 0.296. The second kappa shape index (κ2) is 10.2. The Morgan fingerprint density at radius 2 is 1.74 bits per heavy atom. The molecule has 12 heteroatoms. The molecule has 3 aromatic heterocycles. The molecule has 0 spiro atoms. The highest BCUT2D eigenvalue weighted by atomic mass is 32.2. The van der Waals surface area contributed by atoms with Gasteiger partial charge in [0.25, 0.3) is 6.43 Å². The Morgan fingerprint density at radius 1 is 0.974 bits per heavy atom. The van der Waals surface area contributed by atoms with Gasteiger partial charge in [-0.1, -0.05) is 0 Å². The first kappa shape index (κ1) is 26.9. The summed E-state index contributed by atoms with van der Waals surface area (Å²) in [6.45, 7) is 7.60. The average molecular weight is 569 g/mol. The van der Waals surface area contributed by atoms with Crippen LogP contribution in [0.4, 0.5) is 25.8 Å². The fourth-order valence-corrected chi connectivity index (χ4v) is 6.00. The first-order chi connectivity index (χ1) is 18.4. The number of hydrogen-bond donors (Lipinski definition) is 1. The van der Waals surface area contributed by atoms with Crippen LogP contribution >= 0.6 is 11.3 Å². The van der Waals surface area contributed by atoms with Crippen molar-refractivity contribution in [3.8, 4) is 10.6 Å². The lowest BCUT2D eigenvalue weighted by atomic mass is 10.1. The van der Waals surface area contributed by atoms with Gasteiger partial charge in [0.2, 0.25) is 0 Å². The van der Waals surface area contributed by atoms with Gasteiger partial charge in [-0.05, 0) is 52.0 Å². The smallest absolute Gasteiger partial charge is 0.277 e. The van der Waals surface area contributed by atoms with Crippen molar-refractivity contribution < 1.29 is 17.2 Å². The van der Waals surface area contributed by atoms with Crippen molar-refractivity contribution in [2.75, 3.05) is 11.6 Å². The maximum atomic E-state index is 13.6. The van der Waals surface area contributed by atoms with Crippen LogP contribution < -0.4 is 5.32 Å². The Hall–Kier alpha value is -3.64. The van der Waals surface area contributed by atoms with Gasteiger partial charge in [0.1, 0.15) is 10.7 Å². The number of hydrogen-bond acceptors (Lipinski definition) is 9. The Labute approximate surface area is 229 Å². The van der Waals surface area contributed by atoms with E-state index in [-0.39, 0.29) is 22.7 Å². The van der Waals surface area contributed by atoms with Crippen molar-refractivity contribution in [2.45, 2.75) is 51.9 Å². The monoisotopic (exact) mass is 568 g/mol. The number of aliphatic imine (C=N–C) groups is 1. The minimum Gasteiger partial charge on any atom is -0.353 e. The predicted octanol–water partition coefficient (Wildman–Crippen LogP) is 5.86. The molecule has 0 unspecified atom stereocenters. The van der Waals surface area contributed by atoms with Gasteiger partial charge in [0.05, 0.1) is 50.5 Å². The normalized spacial score (nSPS) is 13.1. The van der Waals surface area contributed by atoms with Gasteiger partial charge < -0.3 is 5.32 Å². The molecule has 0 fully saturated rings. The van der Waals surface area contributed by atoms with Gasteiger partial charge in [-0.2, -0.15) is 0 Å². The summed E-state index contributed by atoms with van der Waals surface area (Å²) in [5.41, 5.74) is 5.51. The number of sulfone groups is 1. The molecule has 5 rings (SSSR count). The third-order valence-electron chi connectivity index (χ3n) is 6.50. The van der Waals surface area contributed by atoms with Gasteiger partial charge in [-0.25, -0.2) is 27.2 Å². The number of halogens is 2. The van der Waals surface area contributed by atoms with Gasteiger partial charge in [0, 0.05) is 41.4 Å². The molecule has 0 amide bonds. The summed E-state index contributed by atoms with van der Waals surface area (Å²) in [6, 6.07) is 6.72. The van der Waals surface area contributed by atoms with E-state index < -0.39 is 16.3 Å². The van der Waals surface area contributed by atoms with Crippen molar-refractivity contribution in [3.63, 3.8) is 0 Å². The molecular formula is C27H26F2N6O2S2. The summed E-state index contributed by atoms with van der Waals surface area (Å²) in [5, 5.41) is 3.87. The molecule has 8 nitrogen and oxygen atoms in total. The molecule has 0 saturated heterocycles. The van der Waals surface area contributed by atoms with Crippen LogP contribution in [0.25, 0.3) is 10.6 Å². The van der Waals surface area contributed by atoms with Crippen molar-refractivity contribution in [1.82, 2.24) is 19.9 Å². The Bertz CT molecular complexity index is 1730. The second-order valence-electron chi connectivity index (χ2n) is 9.51. The summed E-state index contributed by atoms with van der Waals surface area (Å²) in [4.78, 5) is 23.3. The topological polar surface area (TPSA) is 110 Å². The standard InChI is InChI=1S/C27H26F2N6O2S2/c1-13-14(2)31-19(12-30-13)9-18-10-21(25-22(33-18)11-23(35-25)26(28)29)34-20-7-6-17(8-24(20)39(5,36)37)27-32-15(3)16(4)38-27/h6-8,10,12,26H,9,11H2,1-5H3,(H,33,34). The molecule has 202 valence electrons. The predicted molar refractivity (Wildman–Crippen MR) is 149 cm³/mol. The number of rotatable bonds is 7. The second-order valence-corrected chi connectivity index (χ2v) is 12.7. The van der Waals surface area contributed by atoms with E-state index in [1.807, 2.05) is 27.7 Å². The first-order valence-electron chi connectivity index (χ1n) is 12.1.